The monoisotopic (exact) mass is 276 g/mol. The smallest absolute Gasteiger partial charge is 0.220 e. The van der Waals surface area contributed by atoms with Gasteiger partial charge in [-0.25, -0.2) is 0 Å². The molecule has 2 N–H and O–H groups in total. The summed E-state index contributed by atoms with van der Waals surface area (Å²) in [5, 5.41) is 13.1. The van der Waals surface area contributed by atoms with Crippen molar-refractivity contribution in [2.75, 3.05) is 0 Å². The van der Waals surface area contributed by atoms with Crippen LogP contribution in [-0.4, -0.2) is 28.1 Å². The molecule has 2 atom stereocenters. The van der Waals surface area contributed by atoms with Crippen LogP contribution >= 0.6 is 0 Å². The largest absolute Gasteiger partial charge is 0.391 e. The van der Waals surface area contributed by atoms with E-state index in [9.17, 15) is 9.90 Å². The molecule has 1 aromatic heterocycles. The number of aliphatic hydroxyl groups is 1. The molecule has 1 aliphatic rings. The van der Waals surface area contributed by atoms with Gasteiger partial charge in [0.15, 0.2) is 0 Å². The minimum absolute atomic E-state index is 0.0264. The van der Waals surface area contributed by atoms with Crippen LogP contribution in [0.15, 0.2) is 24.5 Å². The normalized spacial score (nSPS) is 23.6. The number of aliphatic hydroxyl groups excluding tert-OH is 1. The molecule has 110 valence electrons. The molecule has 1 saturated carbocycles. The summed E-state index contributed by atoms with van der Waals surface area (Å²) in [5.41, 5.74) is 1.07. The van der Waals surface area contributed by atoms with Crippen LogP contribution in [0.2, 0.25) is 0 Å². The average Bonchev–Trinajstić information content (AvgIpc) is 2.46. The first-order chi connectivity index (χ1) is 9.75. The van der Waals surface area contributed by atoms with Gasteiger partial charge in [0.05, 0.1) is 12.1 Å². The lowest BCUT2D eigenvalue weighted by atomic mass is 9.94. The molecule has 1 fully saturated rings. The maximum absolute atomic E-state index is 12.0. The molecule has 20 heavy (non-hydrogen) atoms. The van der Waals surface area contributed by atoms with Crippen LogP contribution < -0.4 is 5.32 Å². The van der Waals surface area contributed by atoms with Crippen molar-refractivity contribution in [1.82, 2.24) is 10.3 Å². The highest BCUT2D eigenvalue weighted by atomic mass is 16.3. The van der Waals surface area contributed by atoms with Gasteiger partial charge in [-0.05, 0) is 30.9 Å². The van der Waals surface area contributed by atoms with E-state index in [0.29, 0.717) is 12.8 Å². The second kappa shape index (κ2) is 8.00. The molecule has 4 heteroatoms. The third-order valence-corrected chi connectivity index (χ3v) is 3.94. The molecule has 0 aromatic carbocycles. The molecule has 1 heterocycles. The first kappa shape index (κ1) is 15.0. The van der Waals surface area contributed by atoms with Crippen LogP contribution in [0.25, 0.3) is 0 Å². The fraction of sp³-hybridized carbons (Fsp3) is 0.625. The Morgan fingerprint density at radius 2 is 2.10 bits per heavy atom. The first-order valence-electron chi connectivity index (χ1n) is 7.62. The van der Waals surface area contributed by atoms with Gasteiger partial charge in [-0.15, -0.1) is 0 Å². The van der Waals surface area contributed by atoms with Gasteiger partial charge in [-0.3, -0.25) is 9.78 Å². The molecule has 0 spiro atoms. The minimum atomic E-state index is -0.391. The highest BCUT2D eigenvalue weighted by Crippen LogP contribution is 2.18. The van der Waals surface area contributed by atoms with E-state index < -0.39 is 6.10 Å². The summed E-state index contributed by atoms with van der Waals surface area (Å²) in [6.45, 7) is 0. The van der Waals surface area contributed by atoms with Crippen LogP contribution in [0.1, 0.15) is 50.5 Å². The molecular formula is C16H24N2O2. The number of aryl methyl sites for hydroxylation is 1. The molecule has 0 aliphatic heterocycles. The lowest BCUT2D eigenvalue weighted by Crippen LogP contribution is -2.43. The Hall–Kier alpha value is -1.42. The van der Waals surface area contributed by atoms with Gasteiger partial charge in [0.1, 0.15) is 0 Å². The number of pyridine rings is 1. The fourth-order valence-corrected chi connectivity index (χ4v) is 2.72. The number of hydrogen-bond acceptors (Lipinski definition) is 3. The average molecular weight is 276 g/mol. The maximum atomic E-state index is 12.0. The molecule has 4 nitrogen and oxygen atoms in total. The van der Waals surface area contributed by atoms with Gasteiger partial charge >= 0.3 is 0 Å². The molecule has 0 bridgehead atoms. The Labute approximate surface area is 120 Å². The molecule has 0 radical (unpaired) electrons. The topological polar surface area (TPSA) is 62.2 Å². The van der Waals surface area contributed by atoms with Gasteiger partial charge in [0.2, 0.25) is 5.91 Å². The molecule has 0 saturated heterocycles. The highest BCUT2D eigenvalue weighted by molar-refractivity contribution is 5.76. The molecule has 2 rings (SSSR count). The molecule has 1 aliphatic carbocycles. The molecular weight excluding hydrogens is 252 g/mol. The predicted octanol–water partition coefficient (Wildman–Crippen LogP) is 2.21. The van der Waals surface area contributed by atoms with E-state index in [4.69, 9.17) is 0 Å². The van der Waals surface area contributed by atoms with Crippen molar-refractivity contribution in [2.45, 2.75) is 63.5 Å². The lowest BCUT2D eigenvalue weighted by molar-refractivity contribution is -0.122. The number of hydrogen-bond donors (Lipinski definition) is 2. The number of aromatic nitrogens is 1. The number of rotatable bonds is 4. The second-order valence-corrected chi connectivity index (χ2v) is 5.59. The van der Waals surface area contributed by atoms with Crippen molar-refractivity contribution >= 4 is 5.91 Å². The maximum Gasteiger partial charge on any atom is 0.220 e. The second-order valence-electron chi connectivity index (χ2n) is 5.59. The number of nitrogens with one attached hydrogen (secondary N) is 1. The Balaban J connectivity index is 1.77. The zero-order valence-electron chi connectivity index (χ0n) is 11.9. The number of carbonyl (C=O) groups excluding carboxylic acids is 1. The summed E-state index contributed by atoms with van der Waals surface area (Å²) in [7, 11) is 0. The number of nitrogens with zero attached hydrogens (tertiary/aromatic N) is 1. The number of amides is 1. The third kappa shape index (κ3) is 4.93. The van der Waals surface area contributed by atoms with E-state index in [1.54, 1.807) is 12.4 Å². The summed E-state index contributed by atoms with van der Waals surface area (Å²) in [6, 6.07) is 3.79. The van der Waals surface area contributed by atoms with Crippen LogP contribution in [0.5, 0.6) is 0 Å². The summed E-state index contributed by atoms with van der Waals surface area (Å²) in [6.07, 6.45) is 10.5. The van der Waals surface area contributed by atoms with E-state index in [2.05, 4.69) is 10.3 Å². The van der Waals surface area contributed by atoms with Crippen LogP contribution in [-0.2, 0) is 11.2 Å². The van der Waals surface area contributed by atoms with Crippen LogP contribution in [0, 0.1) is 0 Å². The first-order valence-corrected chi connectivity index (χ1v) is 7.62. The molecule has 1 aromatic rings. The predicted molar refractivity (Wildman–Crippen MR) is 78.2 cm³/mol. The minimum Gasteiger partial charge on any atom is -0.391 e. The summed E-state index contributed by atoms with van der Waals surface area (Å²) < 4.78 is 0. The fourth-order valence-electron chi connectivity index (χ4n) is 2.72. The van der Waals surface area contributed by atoms with Gasteiger partial charge in [0.25, 0.3) is 0 Å². The standard InChI is InChI=1S/C16H24N2O2/c19-15-8-4-2-1-3-7-14(15)18-16(20)10-9-13-6-5-11-17-12-13/h5-6,11-12,14-15,19H,1-4,7-10H2,(H,18,20)/t14-,15-/m0/s1. The Morgan fingerprint density at radius 3 is 2.85 bits per heavy atom. The zero-order chi connectivity index (χ0) is 14.2. The van der Waals surface area contributed by atoms with E-state index in [0.717, 1.165) is 31.2 Å². The van der Waals surface area contributed by atoms with E-state index in [-0.39, 0.29) is 11.9 Å². The highest BCUT2D eigenvalue weighted by Gasteiger charge is 2.22. The SMILES string of the molecule is O=C(CCc1cccnc1)N[C@H]1CCCCCC[C@@H]1O. The van der Waals surface area contributed by atoms with Crippen molar-refractivity contribution < 1.29 is 9.90 Å². The van der Waals surface area contributed by atoms with Gasteiger partial charge in [0, 0.05) is 18.8 Å². The number of carbonyl (C=O) groups is 1. The third-order valence-electron chi connectivity index (χ3n) is 3.94. The van der Waals surface area contributed by atoms with Crippen molar-refractivity contribution in [3.63, 3.8) is 0 Å². The van der Waals surface area contributed by atoms with E-state index in [1.807, 2.05) is 12.1 Å². The molecule has 0 unspecified atom stereocenters. The van der Waals surface area contributed by atoms with Crippen molar-refractivity contribution in [1.29, 1.82) is 0 Å². The Bertz CT molecular complexity index is 408. The van der Waals surface area contributed by atoms with Crippen molar-refractivity contribution in [3.05, 3.63) is 30.1 Å². The van der Waals surface area contributed by atoms with Gasteiger partial charge in [-0.1, -0.05) is 31.7 Å². The lowest BCUT2D eigenvalue weighted by Gasteiger charge is -2.26. The quantitative estimate of drug-likeness (QED) is 0.886. The van der Waals surface area contributed by atoms with Crippen LogP contribution in [0.4, 0.5) is 0 Å². The Kier molecular flexibility index (Phi) is 5.99. The van der Waals surface area contributed by atoms with Gasteiger partial charge in [-0.2, -0.15) is 0 Å². The van der Waals surface area contributed by atoms with Crippen LogP contribution in [0.3, 0.4) is 0 Å². The van der Waals surface area contributed by atoms with Gasteiger partial charge < -0.3 is 10.4 Å². The van der Waals surface area contributed by atoms with E-state index in [1.165, 1.54) is 12.8 Å². The molecule has 1 amide bonds. The van der Waals surface area contributed by atoms with Crippen molar-refractivity contribution in [2.24, 2.45) is 0 Å². The van der Waals surface area contributed by atoms with Crippen molar-refractivity contribution in [3.8, 4) is 0 Å². The van der Waals surface area contributed by atoms with E-state index >= 15 is 0 Å². The summed E-state index contributed by atoms with van der Waals surface area (Å²) in [4.78, 5) is 16.0. The summed E-state index contributed by atoms with van der Waals surface area (Å²) in [5.74, 6) is 0.0264. The zero-order valence-corrected chi connectivity index (χ0v) is 11.9. The summed E-state index contributed by atoms with van der Waals surface area (Å²) >= 11 is 0. The Morgan fingerprint density at radius 1 is 1.30 bits per heavy atom.